The van der Waals surface area contributed by atoms with E-state index in [1.807, 2.05) is 0 Å². The Morgan fingerprint density at radius 3 is 2.73 bits per heavy atom. The second-order valence-corrected chi connectivity index (χ2v) is 4.89. The molecule has 0 radical (unpaired) electrons. The van der Waals surface area contributed by atoms with Crippen LogP contribution in [0.1, 0.15) is 16.3 Å². The van der Waals surface area contributed by atoms with Gasteiger partial charge in [0, 0.05) is 19.2 Å². The van der Waals surface area contributed by atoms with Gasteiger partial charge in [0.05, 0.1) is 9.95 Å². The number of rotatable bonds is 6. The molecule has 22 heavy (non-hydrogen) atoms. The summed E-state index contributed by atoms with van der Waals surface area (Å²) in [4.78, 5) is 22.2. The fourth-order valence-electron chi connectivity index (χ4n) is 1.85. The van der Waals surface area contributed by atoms with Gasteiger partial charge in [0.25, 0.3) is 11.6 Å². The molecule has 2 aromatic rings. The van der Waals surface area contributed by atoms with Crippen molar-refractivity contribution in [3.8, 4) is 0 Å². The Balaban J connectivity index is 1.89. The van der Waals surface area contributed by atoms with E-state index in [0.29, 0.717) is 5.76 Å². The molecule has 1 aromatic carbocycles. The summed E-state index contributed by atoms with van der Waals surface area (Å²) >= 11 is 5.94. The quantitative estimate of drug-likeness (QED) is 0.484. The Labute approximate surface area is 131 Å². The summed E-state index contributed by atoms with van der Waals surface area (Å²) in [6, 6.07) is 7.70. The fourth-order valence-corrected chi connectivity index (χ4v) is 2.08. The summed E-state index contributed by atoms with van der Waals surface area (Å²) in [5, 5.41) is 16.7. The molecule has 0 atom stereocenters. The lowest BCUT2D eigenvalue weighted by molar-refractivity contribution is -0.383. The minimum atomic E-state index is -0.515. The predicted molar refractivity (Wildman–Crippen MR) is 82.4 cm³/mol. The van der Waals surface area contributed by atoms with Crippen molar-refractivity contribution in [2.45, 2.75) is 6.92 Å². The molecule has 8 heteroatoms. The van der Waals surface area contributed by atoms with E-state index in [4.69, 9.17) is 16.0 Å². The first kappa shape index (κ1) is 15.8. The number of amides is 1. The third kappa shape index (κ3) is 3.76. The van der Waals surface area contributed by atoms with Crippen LogP contribution in [0.15, 0.2) is 34.7 Å². The Morgan fingerprint density at radius 2 is 2.09 bits per heavy atom. The van der Waals surface area contributed by atoms with Gasteiger partial charge in [-0.05, 0) is 25.1 Å². The van der Waals surface area contributed by atoms with E-state index in [1.165, 1.54) is 12.1 Å². The summed E-state index contributed by atoms with van der Waals surface area (Å²) in [5.41, 5.74) is 0.123. The maximum absolute atomic E-state index is 11.7. The number of furan rings is 1. The summed E-state index contributed by atoms with van der Waals surface area (Å²) < 4.78 is 5.19. The maximum Gasteiger partial charge on any atom is 0.293 e. The molecule has 0 fully saturated rings. The Kier molecular flexibility index (Phi) is 5.00. The van der Waals surface area contributed by atoms with E-state index in [9.17, 15) is 14.9 Å². The van der Waals surface area contributed by atoms with Crippen LogP contribution in [0.3, 0.4) is 0 Å². The molecule has 0 spiro atoms. The van der Waals surface area contributed by atoms with Crippen LogP contribution < -0.4 is 10.6 Å². The summed E-state index contributed by atoms with van der Waals surface area (Å²) in [6.07, 6.45) is 0. The number of aryl methyl sites for hydroxylation is 1. The zero-order chi connectivity index (χ0) is 16.1. The zero-order valence-electron chi connectivity index (χ0n) is 11.8. The molecule has 0 aliphatic heterocycles. The Morgan fingerprint density at radius 1 is 1.32 bits per heavy atom. The van der Waals surface area contributed by atoms with Crippen molar-refractivity contribution in [3.05, 3.63) is 57.0 Å². The number of nitro benzene ring substituents is 1. The second kappa shape index (κ2) is 6.95. The van der Waals surface area contributed by atoms with Crippen molar-refractivity contribution < 1.29 is 14.1 Å². The van der Waals surface area contributed by atoms with Crippen LogP contribution in [-0.4, -0.2) is 23.9 Å². The number of anilines is 1. The second-order valence-electron chi connectivity index (χ2n) is 4.48. The Bertz CT molecular complexity index is 699. The molecule has 1 aromatic heterocycles. The smallest absolute Gasteiger partial charge is 0.293 e. The molecular weight excluding hydrogens is 310 g/mol. The number of benzene rings is 1. The molecular formula is C14H14ClN3O4. The molecule has 0 aliphatic carbocycles. The van der Waals surface area contributed by atoms with E-state index >= 15 is 0 Å². The topological polar surface area (TPSA) is 97.4 Å². The number of nitrogens with one attached hydrogen (secondary N) is 2. The zero-order valence-corrected chi connectivity index (χ0v) is 12.5. The normalized spacial score (nSPS) is 10.3. The molecule has 1 heterocycles. The molecule has 116 valence electrons. The number of nitro groups is 1. The van der Waals surface area contributed by atoms with Gasteiger partial charge in [-0.3, -0.25) is 14.9 Å². The van der Waals surface area contributed by atoms with Gasteiger partial charge in [0.1, 0.15) is 11.4 Å². The highest BCUT2D eigenvalue weighted by Gasteiger charge is 2.16. The van der Waals surface area contributed by atoms with Crippen LogP contribution in [0.5, 0.6) is 0 Å². The van der Waals surface area contributed by atoms with Gasteiger partial charge in [-0.2, -0.15) is 0 Å². The van der Waals surface area contributed by atoms with Crippen molar-refractivity contribution in [1.82, 2.24) is 5.32 Å². The highest BCUT2D eigenvalue weighted by atomic mass is 35.5. The third-order valence-corrected chi connectivity index (χ3v) is 3.18. The lowest BCUT2D eigenvalue weighted by Gasteiger charge is -2.09. The number of hydrogen-bond donors (Lipinski definition) is 2. The van der Waals surface area contributed by atoms with E-state index in [2.05, 4.69) is 10.6 Å². The number of carbonyl (C=O) groups is 1. The number of para-hydroxylation sites is 1. The average Bonchev–Trinajstić information content (AvgIpc) is 2.91. The average molecular weight is 324 g/mol. The van der Waals surface area contributed by atoms with Crippen LogP contribution >= 0.6 is 11.6 Å². The Hall–Kier alpha value is -2.54. The van der Waals surface area contributed by atoms with Crippen molar-refractivity contribution in [3.63, 3.8) is 0 Å². The van der Waals surface area contributed by atoms with Gasteiger partial charge in [-0.25, -0.2) is 0 Å². The van der Waals surface area contributed by atoms with Gasteiger partial charge >= 0.3 is 0 Å². The van der Waals surface area contributed by atoms with Crippen LogP contribution in [0.25, 0.3) is 0 Å². The van der Waals surface area contributed by atoms with Crippen LogP contribution in [0.2, 0.25) is 5.02 Å². The summed E-state index contributed by atoms with van der Waals surface area (Å²) in [7, 11) is 0. The lowest BCUT2D eigenvalue weighted by Crippen LogP contribution is -2.28. The molecule has 0 bridgehead atoms. The standard InChI is InChI=1S/C14H14ClN3O4/c1-9-5-6-12(22-9)14(19)17-8-7-16-13-10(15)3-2-4-11(13)18(20)21/h2-6,16H,7-8H2,1H3,(H,17,19). The molecule has 0 saturated carbocycles. The van der Waals surface area contributed by atoms with Gasteiger partial charge in [-0.1, -0.05) is 17.7 Å². The molecule has 0 saturated heterocycles. The third-order valence-electron chi connectivity index (χ3n) is 2.86. The molecule has 2 N–H and O–H groups in total. The van der Waals surface area contributed by atoms with Gasteiger partial charge < -0.3 is 15.1 Å². The highest BCUT2D eigenvalue weighted by molar-refractivity contribution is 6.33. The molecule has 1 amide bonds. The first-order chi connectivity index (χ1) is 10.5. The van der Waals surface area contributed by atoms with Crippen molar-refractivity contribution in [1.29, 1.82) is 0 Å². The summed E-state index contributed by atoms with van der Waals surface area (Å²) in [6.45, 7) is 2.30. The predicted octanol–water partition coefficient (Wildman–Crippen LogP) is 2.99. The summed E-state index contributed by atoms with van der Waals surface area (Å²) in [5.74, 6) is 0.528. The SMILES string of the molecule is Cc1ccc(C(=O)NCCNc2c(Cl)cccc2[N+](=O)[O-])o1. The minimum absolute atomic E-state index is 0.111. The van der Waals surface area contributed by atoms with Gasteiger partial charge in [-0.15, -0.1) is 0 Å². The highest BCUT2D eigenvalue weighted by Crippen LogP contribution is 2.31. The first-order valence-corrected chi connectivity index (χ1v) is 6.88. The number of nitrogens with zero attached hydrogens (tertiary/aromatic N) is 1. The number of hydrogen-bond acceptors (Lipinski definition) is 5. The van der Waals surface area contributed by atoms with Crippen LogP contribution in [0.4, 0.5) is 11.4 Å². The van der Waals surface area contributed by atoms with E-state index < -0.39 is 4.92 Å². The number of halogens is 1. The maximum atomic E-state index is 11.7. The van der Waals surface area contributed by atoms with Crippen molar-refractivity contribution >= 4 is 28.9 Å². The lowest BCUT2D eigenvalue weighted by atomic mass is 10.2. The van der Waals surface area contributed by atoms with Crippen LogP contribution in [0, 0.1) is 17.0 Å². The van der Waals surface area contributed by atoms with Crippen molar-refractivity contribution in [2.75, 3.05) is 18.4 Å². The van der Waals surface area contributed by atoms with E-state index in [0.717, 1.165) is 0 Å². The first-order valence-electron chi connectivity index (χ1n) is 6.50. The molecule has 0 aliphatic rings. The van der Waals surface area contributed by atoms with Crippen molar-refractivity contribution in [2.24, 2.45) is 0 Å². The largest absolute Gasteiger partial charge is 0.456 e. The molecule has 2 rings (SSSR count). The van der Waals surface area contributed by atoms with E-state index in [1.54, 1.807) is 25.1 Å². The van der Waals surface area contributed by atoms with Crippen LogP contribution in [-0.2, 0) is 0 Å². The number of carbonyl (C=O) groups excluding carboxylic acids is 1. The molecule has 0 unspecified atom stereocenters. The minimum Gasteiger partial charge on any atom is -0.456 e. The fraction of sp³-hybridized carbons (Fsp3) is 0.214. The molecule has 7 nitrogen and oxygen atoms in total. The van der Waals surface area contributed by atoms with Gasteiger partial charge in [0.2, 0.25) is 0 Å². The van der Waals surface area contributed by atoms with E-state index in [-0.39, 0.29) is 41.2 Å². The monoisotopic (exact) mass is 323 g/mol. The van der Waals surface area contributed by atoms with Gasteiger partial charge in [0.15, 0.2) is 5.76 Å².